The molecule has 1 aliphatic carbocycles. The molecule has 150 valence electrons. The van der Waals surface area contributed by atoms with Gasteiger partial charge in [0.2, 0.25) is 0 Å². The Hall–Kier alpha value is -1.32. The number of unbranched alkanes of at least 4 members (excludes halogenated alkanes) is 8. The zero-order valence-corrected chi connectivity index (χ0v) is 16.8. The van der Waals surface area contributed by atoms with Gasteiger partial charge in [-0.15, -0.1) is 0 Å². The Morgan fingerprint density at radius 3 is 1.46 bits per heavy atom. The minimum atomic E-state index is -0.386. The Morgan fingerprint density at radius 2 is 1.08 bits per heavy atom. The van der Waals surface area contributed by atoms with Gasteiger partial charge < -0.3 is 9.47 Å². The Morgan fingerprint density at radius 1 is 0.692 bits per heavy atom. The Bertz CT molecular complexity index is 378. The average Bonchev–Trinajstić information content (AvgIpc) is 2.67. The molecule has 0 aromatic rings. The predicted molar refractivity (Wildman–Crippen MR) is 105 cm³/mol. The Balaban J connectivity index is 2.30. The zero-order chi connectivity index (χ0) is 19.0. The van der Waals surface area contributed by atoms with Gasteiger partial charge in [-0.1, -0.05) is 77.4 Å². The fourth-order valence-electron chi connectivity index (χ4n) is 3.31. The van der Waals surface area contributed by atoms with Crippen molar-refractivity contribution in [2.75, 3.05) is 13.2 Å². The van der Waals surface area contributed by atoms with Crippen molar-refractivity contribution in [2.45, 2.75) is 90.9 Å². The minimum Gasteiger partial charge on any atom is -0.465 e. The van der Waals surface area contributed by atoms with Crippen molar-refractivity contribution in [1.82, 2.24) is 0 Å². The number of rotatable bonds is 14. The van der Waals surface area contributed by atoms with Gasteiger partial charge in [0.1, 0.15) is 0 Å². The second-order valence-electron chi connectivity index (χ2n) is 7.32. The van der Waals surface area contributed by atoms with Crippen LogP contribution in [-0.4, -0.2) is 25.2 Å². The molecule has 0 radical (unpaired) electrons. The smallest absolute Gasteiger partial charge is 0.310 e. The second-order valence-corrected chi connectivity index (χ2v) is 7.32. The minimum absolute atomic E-state index is 0.241. The van der Waals surface area contributed by atoms with E-state index in [2.05, 4.69) is 13.8 Å². The Labute approximate surface area is 159 Å². The number of allylic oxidation sites excluding steroid dienone is 2. The molecule has 0 saturated heterocycles. The summed E-state index contributed by atoms with van der Waals surface area (Å²) < 4.78 is 10.9. The Kier molecular flexibility index (Phi) is 12.9. The van der Waals surface area contributed by atoms with Crippen LogP contribution in [0.1, 0.15) is 90.9 Å². The maximum atomic E-state index is 12.4. The SMILES string of the molecule is CCCCCCCOC(=O)[C@@H]1CC=CC[C@H]1C(=O)OCCCCCCC. The summed E-state index contributed by atoms with van der Waals surface area (Å²) in [5, 5.41) is 0. The maximum Gasteiger partial charge on any atom is 0.310 e. The first kappa shape index (κ1) is 22.7. The fourth-order valence-corrected chi connectivity index (χ4v) is 3.31. The lowest BCUT2D eigenvalue weighted by Gasteiger charge is -2.25. The first-order valence-electron chi connectivity index (χ1n) is 10.7. The topological polar surface area (TPSA) is 52.6 Å². The lowest BCUT2D eigenvalue weighted by Crippen LogP contribution is -2.34. The van der Waals surface area contributed by atoms with Crippen LogP contribution in [0.15, 0.2) is 12.2 Å². The van der Waals surface area contributed by atoms with E-state index in [4.69, 9.17) is 9.47 Å². The zero-order valence-electron chi connectivity index (χ0n) is 16.8. The van der Waals surface area contributed by atoms with Crippen molar-refractivity contribution >= 4 is 11.9 Å². The van der Waals surface area contributed by atoms with E-state index in [0.29, 0.717) is 26.1 Å². The molecule has 0 N–H and O–H groups in total. The first-order chi connectivity index (χ1) is 12.7. The summed E-state index contributed by atoms with van der Waals surface area (Å²) in [6, 6.07) is 0. The molecule has 1 aliphatic rings. The maximum absolute atomic E-state index is 12.4. The lowest BCUT2D eigenvalue weighted by molar-refractivity contribution is -0.161. The third kappa shape index (κ3) is 9.40. The van der Waals surface area contributed by atoms with Gasteiger partial charge in [-0.25, -0.2) is 0 Å². The van der Waals surface area contributed by atoms with Crippen LogP contribution in [0.3, 0.4) is 0 Å². The van der Waals surface area contributed by atoms with Crippen LogP contribution in [-0.2, 0) is 19.1 Å². The van der Waals surface area contributed by atoms with E-state index in [1.54, 1.807) is 0 Å². The van der Waals surface area contributed by atoms with E-state index in [0.717, 1.165) is 25.7 Å². The van der Waals surface area contributed by atoms with Crippen LogP contribution in [0.4, 0.5) is 0 Å². The van der Waals surface area contributed by atoms with E-state index in [-0.39, 0.29) is 23.8 Å². The van der Waals surface area contributed by atoms with E-state index in [9.17, 15) is 9.59 Å². The van der Waals surface area contributed by atoms with Gasteiger partial charge in [-0.3, -0.25) is 9.59 Å². The highest BCUT2D eigenvalue weighted by molar-refractivity contribution is 5.82. The van der Waals surface area contributed by atoms with Crippen molar-refractivity contribution in [3.8, 4) is 0 Å². The number of carbonyl (C=O) groups is 2. The summed E-state index contributed by atoms with van der Waals surface area (Å²) >= 11 is 0. The van der Waals surface area contributed by atoms with E-state index >= 15 is 0 Å². The number of carbonyl (C=O) groups excluding carboxylic acids is 2. The number of ether oxygens (including phenoxy) is 2. The van der Waals surface area contributed by atoms with Crippen LogP contribution in [0.5, 0.6) is 0 Å². The molecule has 26 heavy (non-hydrogen) atoms. The average molecular weight is 367 g/mol. The summed E-state index contributed by atoms with van der Waals surface area (Å²) in [6.07, 6.45) is 16.3. The molecule has 2 atom stereocenters. The van der Waals surface area contributed by atoms with E-state index < -0.39 is 0 Å². The predicted octanol–water partition coefficient (Wildman–Crippen LogP) is 5.60. The molecule has 0 aromatic carbocycles. The molecule has 0 aromatic heterocycles. The number of hydrogen-bond acceptors (Lipinski definition) is 4. The summed E-state index contributed by atoms with van der Waals surface area (Å²) in [4.78, 5) is 24.8. The molecule has 0 bridgehead atoms. The van der Waals surface area contributed by atoms with Crippen molar-refractivity contribution in [3.63, 3.8) is 0 Å². The quantitative estimate of drug-likeness (QED) is 0.228. The molecular weight excluding hydrogens is 328 g/mol. The third-order valence-electron chi connectivity index (χ3n) is 5.02. The van der Waals surface area contributed by atoms with Crippen LogP contribution in [0.2, 0.25) is 0 Å². The molecular formula is C22H38O4. The third-order valence-corrected chi connectivity index (χ3v) is 5.02. The largest absolute Gasteiger partial charge is 0.465 e. The van der Waals surface area contributed by atoms with Gasteiger partial charge >= 0.3 is 11.9 Å². The molecule has 4 nitrogen and oxygen atoms in total. The lowest BCUT2D eigenvalue weighted by atomic mass is 9.83. The van der Waals surface area contributed by atoms with E-state index in [1.807, 2.05) is 12.2 Å². The summed E-state index contributed by atoms with van der Waals surface area (Å²) in [6.45, 7) is 5.28. The van der Waals surface area contributed by atoms with Crippen molar-refractivity contribution in [2.24, 2.45) is 11.8 Å². The van der Waals surface area contributed by atoms with Crippen LogP contribution in [0.25, 0.3) is 0 Å². The van der Waals surface area contributed by atoms with Crippen molar-refractivity contribution < 1.29 is 19.1 Å². The molecule has 0 saturated carbocycles. The van der Waals surface area contributed by atoms with Gasteiger partial charge in [0.15, 0.2) is 0 Å². The van der Waals surface area contributed by atoms with Crippen molar-refractivity contribution in [1.29, 1.82) is 0 Å². The molecule has 4 heteroatoms. The van der Waals surface area contributed by atoms with Crippen molar-refractivity contribution in [3.05, 3.63) is 12.2 Å². The molecule has 0 fully saturated rings. The van der Waals surface area contributed by atoms with Crippen LogP contribution in [0, 0.1) is 11.8 Å². The van der Waals surface area contributed by atoms with Gasteiger partial charge in [0.05, 0.1) is 25.0 Å². The monoisotopic (exact) mass is 366 g/mol. The highest BCUT2D eigenvalue weighted by Crippen LogP contribution is 2.28. The van der Waals surface area contributed by atoms with Crippen LogP contribution < -0.4 is 0 Å². The summed E-state index contributed by atoms with van der Waals surface area (Å²) in [5.74, 6) is -1.25. The molecule has 0 heterocycles. The van der Waals surface area contributed by atoms with Gasteiger partial charge in [0.25, 0.3) is 0 Å². The summed E-state index contributed by atoms with van der Waals surface area (Å²) in [5.41, 5.74) is 0. The standard InChI is InChI=1S/C22H38O4/c1-3-5-7-9-13-17-25-21(23)19-15-11-12-16-20(19)22(24)26-18-14-10-8-6-4-2/h11-12,19-20H,3-10,13-18H2,1-2H3/t19-,20-/m1/s1. The highest BCUT2D eigenvalue weighted by Gasteiger charge is 2.36. The molecule has 0 amide bonds. The second kappa shape index (κ2) is 14.8. The van der Waals surface area contributed by atoms with Crippen LogP contribution >= 0.6 is 0 Å². The molecule has 0 aliphatic heterocycles. The highest BCUT2D eigenvalue weighted by atomic mass is 16.5. The van der Waals surface area contributed by atoms with Gasteiger partial charge in [-0.05, 0) is 25.7 Å². The fraction of sp³-hybridized carbons (Fsp3) is 0.818. The number of hydrogen-bond donors (Lipinski definition) is 0. The first-order valence-corrected chi connectivity index (χ1v) is 10.7. The molecule has 0 unspecified atom stereocenters. The summed E-state index contributed by atoms with van der Waals surface area (Å²) in [7, 11) is 0. The van der Waals surface area contributed by atoms with Gasteiger partial charge in [-0.2, -0.15) is 0 Å². The molecule has 0 spiro atoms. The molecule has 1 rings (SSSR count). The number of esters is 2. The van der Waals surface area contributed by atoms with Gasteiger partial charge in [0, 0.05) is 0 Å². The van der Waals surface area contributed by atoms with E-state index in [1.165, 1.54) is 38.5 Å². The normalized spacial score (nSPS) is 19.3.